The second-order valence-corrected chi connectivity index (χ2v) is 3.51. The Morgan fingerprint density at radius 3 is 2.54 bits per heavy atom. The van der Waals surface area contributed by atoms with Crippen LogP contribution in [0, 0.1) is 0 Å². The summed E-state index contributed by atoms with van der Waals surface area (Å²) in [5.41, 5.74) is 0.963. The molecule has 0 aliphatic carbocycles. The Balaban J connectivity index is 2.54. The molecule has 0 aliphatic rings. The molecule has 0 aliphatic heterocycles. The Kier molecular flexibility index (Phi) is 4.15. The Bertz CT molecular complexity index is 284. The average Bonchev–Trinajstić information content (AvgIpc) is 2.09. The summed E-state index contributed by atoms with van der Waals surface area (Å²) in [7, 11) is 1.86. The molecule has 2 nitrogen and oxygen atoms in total. The first-order valence-electron chi connectivity index (χ1n) is 3.92. The first-order valence-corrected chi connectivity index (χ1v) is 4.71. The standard InChI is InChI=1S/C9H11ClN2S/c1-11-6-9(13)12-8-4-2-7(10)3-5-8/h2-5,11H,6H2,1H3,(H,12,13). The predicted octanol–water partition coefficient (Wildman–Crippen LogP) is 2.30. The van der Waals surface area contributed by atoms with E-state index < -0.39 is 0 Å². The molecule has 0 fully saturated rings. The minimum absolute atomic E-state index is 0.679. The van der Waals surface area contributed by atoms with Crippen LogP contribution in [0.15, 0.2) is 24.3 Å². The summed E-state index contributed by atoms with van der Waals surface area (Å²) in [5.74, 6) is 0. The van der Waals surface area contributed by atoms with Gasteiger partial charge in [0, 0.05) is 17.3 Å². The van der Waals surface area contributed by atoms with E-state index in [-0.39, 0.29) is 0 Å². The molecule has 0 spiro atoms. The fourth-order valence-corrected chi connectivity index (χ4v) is 1.29. The molecule has 0 amide bonds. The molecule has 0 saturated carbocycles. The van der Waals surface area contributed by atoms with Gasteiger partial charge in [0.05, 0.1) is 4.99 Å². The van der Waals surface area contributed by atoms with Gasteiger partial charge in [0.25, 0.3) is 0 Å². The van der Waals surface area contributed by atoms with E-state index in [1.165, 1.54) is 0 Å². The number of halogens is 1. The Hall–Kier alpha value is -0.640. The number of anilines is 1. The summed E-state index contributed by atoms with van der Waals surface area (Å²) in [6.07, 6.45) is 0. The van der Waals surface area contributed by atoms with E-state index in [9.17, 15) is 0 Å². The molecule has 0 bridgehead atoms. The first-order chi connectivity index (χ1) is 6.22. The van der Waals surface area contributed by atoms with Crippen LogP contribution in [0.3, 0.4) is 0 Å². The van der Waals surface area contributed by atoms with E-state index in [0.29, 0.717) is 6.54 Å². The maximum atomic E-state index is 5.74. The van der Waals surface area contributed by atoms with Crippen LogP contribution in [0.25, 0.3) is 0 Å². The third-order valence-electron chi connectivity index (χ3n) is 1.47. The highest BCUT2D eigenvalue weighted by molar-refractivity contribution is 7.80. The molecule has 0 aromatic heterocycles. The van der Waals surface area contributed by atoms with Gasteiger partial charge in [-0.05, 0) is 31.3 Å². The molecule has 13 heavy (non-hydrogen) atoms. The van der Waals surface area contributed by atoms with Crippen molar-refractivity contribution in [2.75, 3.05) is 18.9 Å². The van der Waals surface area contributed by atoms with E-state index >= 15 is 0 Å². The first kappa shape index (κ1) is 10.4. The minimum Gasteiger partial charge on any atom is -0.349 e. The summed E-state index contributed by atoms with van der Waals surface area (Å²) < 4.78 is 0. The topological polar surface area (TPSA) is 24.1 Å². The Morgan fingerprint density at radius 2 is 2.00 bits per heavy atom. The molecule has 1 aromatic carbocycles. The number of likely N-dealkylation sites (N-methyl/N-ethyl adjacent to an activating group) is 1. The monoisotopic (exact) mass is 214 g/mol. The van der Waals surface area contributed by atoms with Crippen LogP contribution >= 0.6 is 23.8 Å². The zero-order chi connectivity index (χ0) is 9.68. The van der Waals surface area contributed by atoms with Crippen LogP contribution in [-0.2, 0) is 0 Å². The Labute approximate surface area is 88.3 Å². The van der Waals surface area contributed by atoms with Crippen LogP contribution in [0.2, 0.25) is 5.02 Å². The summed E-state index contributed by atoms with van der Waals surface area (Å²) in [6.45, 7) is 0.679. The van der Waals surface area contributed by atoms with Crippen molar-refractivity contribution in [2.45, 2.75) is 0 Å². The largest absolute Gasteiger partial charge is 0.349 e. The normalized spacial score (nSPS) is 9.69. The zero-order valence-electron chi connectivity index (χ0n) is 7.30. The van der Waals surface area contributed by atoms with Gasteiger partial charge < -0.3 is 10.6 Å². The molecule has 0 unspecified atom stereocenters. The van der Waals surface area contributed by atoms with Gasteiger partial charge in [-0.25, -0.2) is 0 Å². The van der Waals surface area contributed by atoms with Gasteiger partial charge in [-0.2, -0.15) is 0 Å². The summed E-state index contributed by atoms with van der Waals surface area (Å²) in [5, 5.41) is 6.78. The molecule has 0 saturated heterocycles. The summed E-state index contributed by atoms with van der Waals surface area (Å²) >= 11 is 10.8. The Morgan fingerprint density at radius 1 is 1.38 bits per heavy atom. The van der Waals surface area contributed by atoms with Crippen LogP contribution in [-0.4, -0.2) is 18.6 Å². The maximum Gasteiger partial charge on any atom is 0.0937 e. The van der Waals surface area contributed by atoms with Crippen molar-refractivity contribution in [1.82, 2.24) is 5.32 Å². The smallest absolute Gasteiger partial charge is 0.0937 e. The van der Waals surface area contributed by atoms with Gasteiger partial charge in [-0.15, -0.1) is 0 Å². The second kappa shape index (κ2) is 5.17. The van der Waals surface area contributed by atoms with Crippen molar-refractivity contribution >= 4 is 34.5 Å². The summed E-state index contributed by atoms with van der Waals surface area (Å²) in [4.78, 5) is 0.768. The van der Waals surface area contributed by atoms with Crippen molar-refractivity contribution in [3.05, 3.63) is 29.3 Å². The van der Waals surface area contributed by atoms with Crippen molar-refractivity contribution in [3.63, 3.8) is 0 Å². The maximum absolute atomic E-state index is 5.74. The molecule has 1 aromatic rings. The van der Waals surface area contributed by atoms with Gasteiger partial charge in [-0.1, -0.05) is 23.8 Å². The number of thiocarbonyl (C=S) groups is 1. The van der Waals surface area contributed by atoms with E-state index in [0.717, 1.165) is 15.7 Å². The quantitative estimate of drug-likeness (QED) is 0.756. The predicted molar refractivity (Wildman–Crippen MR) is 61.6 cm³/mol. The van der Waals surface area contributed by atoms with Gasteiger partial charge in [-0.3, -0.25) is 0 Å². The number of hydrogen-bond acceptors (Lipinski definition) is 2. The van der Waals surface area contributed by atoms with Crippen molar-refractivity contribution < 1.29 is 0 Å². The highest BCUT2D eigenvalue weighted by atomic mass is 35.5. The molecule has 0 atom stereocenters. The molecule has 2 N–H and O–H groups in total. The zero-order valence-corrected chi connectivity index (χ0v) is 8.88. The lowest BCUT2D eigenvalue weighted by Gasteiger charge is -2.06. The molecular weight excluding hydrogens is 204 g/mol. The van der Waals surface area contributed by atoms with E-state index in [1.807, 2.05) is 31.3 Å². The van der Waals surface area contributed by atoms with Crippen LogP contribution in [0.4, 0.5) is 5.69 Å². The fourth-order valence-electron chi connectivity index (χ4n) is 0.899. The molecule has 4 heteroatoms. The van der Waals surface area contributed by atoms with E-state index in [4.69, 9.17) is 23.8 Å². The molecule has 70 valence electrons. The number of benzene rings is 1. The lowest BCUT2D eigenvalue weighted by atomic mass is 10.3. The second-order valence-electron chi connectivity index (χ2n) is 2.59. The van der Waals surface area contributed by atoms with E-state index in [2.05, 4.69) is 10.6 Å². The molecular formula is C9H11ClN2S. The third kappa shape index (κ3) is 3.72. The lowest BCUT2D eigenvalue weighted by molar-refractivity contribution is 0.953. The van der Waals surface area contributed by atoms with Gasteiger partial charge in [0.1, 0.15) is 0 Å². The van der Waals surface area contributed by atoms with Crippen LogP contribution in [0.1, 0.15) is 0 Å². The third-order valence-corrected chi connectivity index (χ3v) is 1.96. The highest BCUT2D eigenvalue weighted by Crippen LogP contribution is 2.13. The van der Waals surface area contributed by atoms with Crippen molar-refractivity contribution in [2.24, 2.45) is 0 Å². The average molecular weight is 215 g/mol. The van der Waals surface area contributed by atoms with Crippen molar-refractivity contribution in [3.8, 4) is 0 Å². The van der Waals surface area contributed by atoms with Crippen LogP contribution in [0.5, 0.6) is 0 Å². The number of hydrogen-bond donors (Lipinski definition) is 2. The van der Waals surface area contributed by atoms with E-state index in [1.54, 1.807) is 0 Å². The van der Waals surface area contributed by atoms with Crippen LogP contribution < -0.4 is 10.6 Å². The highest BCUT2D eigenvalue weighted by Gasteiger charge is 1.95. The van der Waals surface area contributed by atoms with Gasteiger partial charge in [0.15, 0.2) is 0 Å². The van der Waals surface area contributed by atoms with Gasteiger partial charge >= 0.3 is 0 Å². The molecule has 0 heterocycles. The minimum atomic E-state index is 0.679. The summed E-state index contributed by atoms with van der Waals surface area (Å²) in [6, 6.07) is 7.44. The SMILES string of the molecule is CNCC(=S)Nc1ccc(Cl)cc1. The fraction of sp³-hybridized carbons (Fsp3) is 0.222. The van der Waals surface area contributed by atoms with Gasteiger partial charge in [0.2, 0.25) is 0 Å². The lowest BCUT2D eigenvalue weighted by Crippen LogP contribution is -2.23. The number of nitrogens with one attached hydrogen (secondary N) is 2. The number of rotatable bonds is 3. The molecule has 0 radical (unpaired) electrons. The van der Waals surface area contributed by atoms with Crippen molar-refractivity contribution in [1.29, 1.82) is 0 Å². The molecule has 1 rings (SSSR count).